The summed E-state index contributed by atoms with van der Waals surface area (Å²) in [5.74, 6) is 0.843. The van der Waals surface area contributed by atoms with E-state index in [1.807, 2.05) is 76.2 Å². The summed E-state index contributed by atoms with van der Waals surface area (Å²) < 4.78 is 7.55. The molecule has 7 heteroatoms. The van der Waals surface area contributed by atoms with E-state index in [0.29, 0.717) is 18.7 Å². The van der Waals surface area contributed by atoms with Crippen LogP contribution < -0.4 is 0 Å². The van der Waals surface area contributed by atoms with E-state index in [-0.39, 0.29) is 18.0 Å². The fourth-order valence-electron chi connectivity index (χ4n) is 4.15. The Kier molecular flexibility index (Phi) is 5.67. The van der Waals surface area contributed by atoms with E-state index in [4.69, 9.17) is 4.74 Å². The van der Waals surface area contributed by atoms with Gasteiger partial charge in [0.15, 0.2) is 0 Å². The van der Waals surface area contributed by atoms with Gasteiger partial charge in [-0.3, -0.25) is 9.36 Å². The van der Waals surface area contributed by atoms with Crippen LogP contribution in [0.3, 0.4) is 0 Å². The number of para-hydroxylation sites is 2. The van der Waals surface area contributed by atoms with Crippen molar-refractivity contribution in [3.8, 4) is 5.69 Å². The lowest BCUT2D eigenvalue weighted by atomic mass is 10.1. The summed E-state index contributed by atoms with van der Waals surface area (Å²) in [5, 5.41) is 0. The number of amides is 2. The van der Waals surface area contributed by atoms with E-state index in [0.717, 1.165) is 29.0 Å². The van der Waals surface area contributed by atoms with Crippen molar-refractivity contribution in [2.24, 2.45) is 0 Å². The van der Waals surface area contributed by atoms with E-state index < -0.39 is 5.60 Å². The molecule has 0 aliphatic carbocycles. The third-order valence-corrected chi connectivity index (χ3v) is 5.78. The van der Waals surface area contributed by atoms with E-state index in [2.05, 4.69) is 9.55 Å². The molecule has 1 atom stereocenters. The highest BCUT2D eigenvalue weighted by Crippen LogP contribution is 2.23. The quantitative estimate of drug-likeness (QED) is 0.612. The van der Waals surface area contributed by atoms with Crippen molar-refractivity contribution in [3.63, 3.8) is 0 Å². The Morgan fingerprint density at radius 1 is 1.09 bits per heavy atom. The first-order valence-electron chi connectivity index (χ1n) is 10.9. The molecule has 1 fully saturated rings. The number of hydrogen-bond donors (Lipinski definition) is 0. The van der Waals surface area contributed by atoms with E-state index >= 15 is 0 Å². The standard InChI is InChI=1S/C25H30N4O3/c1-17-26-21-8-6-7-9-22(21)29(17)19-12-10-18(11-13-19)23(30)27(5)20-14-15-28(16-20)24(31)32-25(2,3)4/h6-13,20H,14-16H2,1-5H3. The zero-order valence-corrected chi connectivity index (χ0v) is 19.3. The van der Waals surface area contributed by atoms with Gasteiger partial charge < -0.3 is 14.5 Å². The number of benzene rings is 2. The second-order valence-corrected chi connectivity index (χ2v) is 9.31. The molecule has 1 aromatic heterocycles. The minimum Gasteiger partial charge on any atom is -0.444 e. The van der Waals surface area contributed by atoms with Gasteiger partial charge in [0.25, 0.3) is 5.91 Å². The van der Waals surface area contributed by atoms with Crippen LogP contribution >= 0.6 is 0 Å². The van der Waals surface area contributed by atoms with Crippen molar-refractivity contribution in [3.05, 3.63) is 59.9 Å². The minimum absolute atomic E-state index is 0.0328. The maximum absolute atomic E-state index is 13.1. The van der Waals surface area contributed by atoms with Gasteiger partial charge in [0.05, 0.1) is 17.1 Å². The summed E-state index contributed by atoms with van der Waals surface area (Å²) in [7, 11) is 1.80. The van der Waals surface area contributed by atoms with Crippen molar-refractivity contribution in [2.45, 2.75) is 45.8 Å². The summed E-state index contributed by atoms with van der Waals surface area (Å²) in [6, 6.07) is 15.6. The largest absolute Gasteiger partial charge is 0.444 e. The zero-order chi connectivity index (χ0) is 23.0. The summed E-state index contributed by atoms with van der Waals surface area (Å²) >= 11 is 0. The number of carbonyl (C=O) groups is 2. The van der Waals surface area contributed by atoms with Crippen LogP contribution in [0.2, 0.25) is 0 Å². The van der Waals surface area contributed by atoms with Gasteiger partial charge in [-0.25, -0.2) is 9.78 Å². The molecule has 0 N–H and O–H groups in total. The maximum atomic E-state index is 13.1. The van der Waals surface area contributed by atoms with Crippen molar-refractivity contribution >= 4 is 23.0 Å². The van der Waals surface area contributed by atoms with Crippen LogP contribution in [-0.4, -0.2) is 63.1 Å². The molecule has 0 spiro atoms. The number of aromatic nitrogens is 2. The molecule has 2 heterocycles. The van der Waals surface area contributed by atoms with Crippen molar-refractivity contribution in [2.75, 3.05) is 20.1 Å². The second kappa shape index (κ2) is 8.30. The lowest BCUT2D eigenvalue weighted by Crippen LogP contribution is -2.41. The SMILES string of the molecule is Cc1nc2ccccc2n1-c1ccc(C(=O)N(C)C2CCN(C(=O)OC(C)(C)C)C2)cc1. The fourth-order valence-corrected chi connectivity index (χ4v) is 4.15. The summed E-state index contributed by atoms with van der Waals surface area (Å²) in [5.41, 5.74) is 3.04. The van der Waals surface area contributed by atoms with Gasteiger partial charge in [-0.05, 0) is 70.5 Å². The molecule has 1 saturated heterocycles. The van der Waals surface area contributed by atoms with Gasteiger partial charge in [-0.1, -0.05) is 12.1 Å². The van der Waals surface area contributed by atoms with Crippen LogP contribution in [0.4, 0.5) is 4.79 Å². The van der Waals surface area contributed by atoms with Crippen LogP contribution in [0.25, 0.3) is 16.7 Å². The number of ether oxygens (including phenoxy) is 1. The highest BCUT2D eigenvalue weighted by atomic mass is 16.6. The lowest BCUT2D eigenvalue weighted by molar-refractivity contribution is 0.0279. The number of aryl methyl sites for hydroxylation is 1. The topological polar surface area (TPSA) is 67.7 Å². The molecule has 3 aromatic rings. The molecule has 0 radical (unpaired) electrons. The first-order valence-corrected chi connectivity index (χ1v) is 10.9. The van der Waals surface area contributed by atoms with Gasteiger partial charge in [0.2, 0.25) is 0 Å². The normalized spacial score (nSPS) is 16.4. The Balaban J connectivity index is 1.46. The smallest absolute Gasteiger partial charge is 0.410 e. The van der Waals surface area contributed by atoms with Crippen molar-refractivity contribution < 1.29 is 14.3 Å². The molecule has 1 aliphatic rings. The molecule has 2 aromatic carbocycles. The second-order valence-electron chi connectivity index (χ2n) is 9.31. The highest BCUT2D eigenvalue weighted by molar-refractivity contribution is 5.94. The summed E-state index contributed by atoms with van der Waals surface area (Å²) in [6.07, 6.45) is 0.410. The van der Waals surface area contributed by atoms with Crippen molar-refractivity contribution in [1.29, 1.82) is 0 Å². The molecular formula is C25H30N4O3. The Hall–Kier alpha value is -3.35. The van der Waals surface area contributed by atoms with Gasteiger partial charge in [-0.15, -0.1) is 0 Å². The highest BCUT2D eigenvalue weighted by Gasteiger charge is 2.33. The Morgan fingerprint density at radius 2 is 1.78 bits per heavy atom. The first kappa shape index (κ1) is 21.9. The number of imidazole rings is 1. The summed E-state index contributed by atoms with van der Waals surface area (Å²) in [4.78, 5) is 33.4. The van der Waals surface area contributed by atoms with Gasteiger partial charge in [-0.2, -0.15) is 0 Å². The Bertz CT molecular complexity index is 1140. The number of nitrogens with zero attached hydrogens (tertiary/aromatic N) is 4. The summed E-state index contributed by atoms with van der Waals surface area (Å²) in [6.45, 7) is 8.60. The lowest BCUT2D eigenvalue weighted by Gasteiger charge is -2.27. The Morgan fingerprint density at radius 3 is 2.47 bits per heavy atom. The first-order chi connectivity index (χ1) is 15.1. The minimum atomic E-state index is -0.530. The van der Waals surface area contributed by atoms with Gasteiger partial charge in [0.1, 0.15) is 11.4 Å². The molecule has 32 heavy (non-hydrogen) atoms. The van der Waals surface area contributed by atoms with E-state index in [9.17, 15) is 9.59 Å². The van der Waals surface area contributed by atoms with E-state index in [1.54, 1.807) is 16.8 Å². The molecule has 1 unspecified atom stereocenters. The van der Waals surface area contributed by atoms with Crippen molar-refractivity contribution in [1.82, 2.24) is 19.4 Å². The maximum Gasteiger partial charge on any atom is 0.410 e. The number of carbonyl (C=O) groups excluding carboxylic acids is 2. The number of rotatable bonds is 3. The van der Waals surface area contributed by atoms with Crippen LogP contribution in [0.5, 0.6) is 0 Å². The molecular weight excluding hydrogens is 404 g/mol. The van der Waals surface area contributed by atoms with Crippen LogP contribution in [0.1, 0.15) is 43.4 Å². The molecule has 168 valence electrons. The fraction of sp³-hybridized carbons (Fsp3) is 0.400. The molecule has 4 rings (SSSR count). The molecule has 2 amide bonds. The third kappa shape index (κ3) is 4.33. The zero-order valence-electron chi connectivity index (χ0n) is 19.3. The Labute approximate surface area is 188 Å². The van der Waals surface area contributed by atoms with Crippen LogP contribution in [-0.2, 0) is 4.74 Å². The van der Waals surface area contributed by atoms with Crippen LogP contribution in [0.15, 0.2) is 48.5 Å². The third-order valence-electron chi connectivity index (χ3n) is 5.78. The molecule has 0 saturated carbocycles. The van der Waals surface area contributed by atoms with E-state index in [1.165, 1.54) is 0 Å². The van der Waals surface area contributed by atoms with Crippen LogP contribution in [0, 0.1) is 6.92 Å². The number of likely N-dealkylation sites (N-methyl/N-ethyl adjacent to an activating group) is 1. The average molecular weight is 435 g/mol. The average Bonchev–Trinajstić information content (AvgIpc) is 3.36. The van der Waals surface area contributed by atoms with Gasteiger partial charge >= 0.3 is 6.09 Å². The molecule has 1 aliphatic heterocycles. The molecule has 7 nitrogen and oxygen atoms in total. The number of likely N-dealkylation sites (tertiary alicyclic amines) is 1. The van der Waals surface area contributed by atoms with Gasteiger partial charge in [0, 0.05) is 31.4 Å². The number of fused-ring (bicyclic) bond motifs is 1. The predicted octanol–water partition coefficient (Wildman–Crippen LogP) is 4.42. The molecule has 0 bridgehead atoms. The predicted molar refractivity (Wildman–Crippen MR) is 124 cm³/mol. The monoisotopic (exact) mass is 434 g/mol. The number of hydrogen-bond acceptors (Lipinski definition) is 4.